The molecule has 1 aliphatic heterocycles. The molecule has 1 N–H and O–H groups in total. The number of hydrogen-bond donors (Lipinski definition) is 1. The maximum atomic E-state index is 12.3. The molecule has 0 aromatic heterocycles. The van der Waals surface area contributed by atoms with E-state index in [1.54, 1.807) is 0 Å². The Labute approximate surface area is 126 Å². The molecule has 0 spiro atoms. The number of nitrogens with zero attached hydrogens (tertiary/aromatic N) is 1. The number of benzene rings is 1. The fourth-order valence-corrected chi connectivity index (χ4v) is 2.64. The number of piperazine rings is 1. The third kappa shape index (κ3) is 4.22. The zero-order chi connectivity index (χ0) is 14.5. The van der Waals surface area contributed by atoms with Crippen molar-refractivity contribution in [2.45, 2.75) is 32.7 Å². The summed E-state index contributed by atoms with van der Waals surface area (Å²) < 4.78 is 0. The van der Waals surface area contributed by atoms with E-state index >= 15 is 0 Å². The van der Waals surface area contributed by atoms with Crippen LogP contribution >= 0.6 is 11.6 Å². The molecule has 1 unspecified atom stereocenters. The van der Waals surface area contributed by atoms with Gasteiger partial charge in [-0.3, -0.25) is 4.79 Å². The van der Waals surface area contributed by atoms with Crippen LogP contribution in [0.4, 0.5) is 0 Å². The summed E-state index contributed by atoms with van der Waals surface area (Å²) >= 11 is 5.86. The van der Waals surface area contributed by atoms with Crippen LogP contribution in [0.3, 0.4) is 0 Å². The largest absolute Gasteiger partial charge is 0.340 e. The molecule has 1 atom stereocenters. The molecule has 2 rings (SSSR count). The lowest BCUT2D eigenvalue weighted by atomic mass is 10.0. The van der Waals surface area contributed by atoms with Crippen LogP contribution in [-0.4, -0.2) is 36.5 Å². The van der Waals surface area contributed by atoms with Gasteiger partial charge in [-0.25, -0.2) is 0 Å². The summed E-state index contributed by atoms with van der Waals surface area (Å²) in [6.45, 7) is 6.94. The fourth-order valence-electron chi connectivity index (χ4n) is 2.51. The third-order valence-corrected chi connectivity index (χ3v) is 4.16. The summed E-state index contributed by atoms with van der Waals surface area (Å²) in [4.78, 5) is 14.3. The molecular weight excluding hydrogens is 272 g/mol. The number of aryl methyl sites for hydroxylation is 1. The van der Waals surface area contributed by atoms with Crippen LogP contribution in [0, 0.1) is 5.92 Å². The highest BCUT2D eigenvalue weighted by atomic mass is 35.5. The highest BCUT2D eigenvalue weighted by Crippen LogP contribution is 2.13. The van der Waals surface area contributed by atoms with Crippen molar-refractivity contribution in [3.05, 3.63) is 34.9 Å². The normalized spacial score (nSPS) is 19.4. The third-order valence-electron chi connectivity index (χ3n) is 3.90. The van der Waals surface area contributed by atoms with Crippen LogP contribution in [0.25, 0.3) is 0 Å². The van der Waals surface area contributed by atoms with Crippen molar-refractivity contribution in [3.63, 3.8) is 0 Å². The van der Waals surface area contributed by atoms with Gasteiger partial charge in [-0.15, -0.1) is 0 Å². The van der Waals surface area contributed by atoms with Gasteiger partial charge < -0.3 is 10.2 Å². The molecule has 0 radical (unpaired) electrons. The SMILES string of the molecule is CC(C)C1CN(C(=O)CCc2ccc(Cl)cc2)CCN1. The fraction of sp³-hybridized carbons (Fsp3) is 0.562. The van der Waals surface area contributed by atoms with E-state index in [-0.39, 0.29) is 5.91 Å². The molecule has 1 heterocycles. The van der Waals surface area contributed by atoms with Crippen molar-refractivity contribution in [2.75, 3.05) is 19.6 Å². The molecule has 0 saturated carbocycles. The maximum absolute atomic E-state index is 12.3. The Bertz CT molecular complexity index is 444. The van der Waals surface area contributed by atoms with Crippen molar-refractivity contribution in [3.8, 4) is 0 Å². The Kier molecular flexibility index (Phi) is 5.44. The van der Waals surface area contributed by atoms with Crippen LogP contribution in [0.1, 0.15) is 25.8 Å². The minimum absolute atomic E-state index is 0.257. The summed E-state index contributed by atoms with van der Waals surface area (Å²) in [6.07, 6.45) is 1.36. The van der Waals surface area contributed by atoms with Crippen molar-refractivity contribution in [1.82, 2.24) is 10.2 Å². The highest BCUT2D eigenvalue weighted by Gasteiger charge is 2.24. The van der Waals surface area contributed by atoms with Crippen molar-refractivity contribution < 1.29 is 4.79 Å². The molecule has 3 nitrogen and oxygen atoms in total. The molecule has 0 aliphatic carbocycles. The predicted octanol–water partition coefficient (Wildman–Crippen LogP) is 2.73. The average Bonchev–Trinajstić information content (AvgIpc) is 2.46. The van der Waals surface area contributed by atoms with E-state index in [2.05, 4.69) is 19.2 Å². The lowest BCUT2D eigenvalue weighted by Crippen LogP contribution is -2.54. The smallest absolute Gasteiger partial charge is 0.222 e. The first-order chi connectivity index (χ1) is 9.56. The molecule has 4 heteroatoms. The lowest BCUT2D eigenvalue weighted by molar-refractivity contribution is -0.132. The first kappa shape index (κ1) is 15.3. The Balaban J connectivity index is 1.83. The molecule has 1 aromatic rings. The number of rotatable bonds is 4. The summed E-state index contributed by atoms with van der Waals surface area (Å²) in [5.41, 5.74) is 1.17. The number of halogens is 1. The van der Waals surface area contributed by atoms with Gasteiger partial charge in [0.25, 0.3) is 0 Å². The Morgan fingerprint density at radius 1 is 1.40 bits per heavy atom. The molecule has 0 bridgehead atoms. The van der Waals surface area contributed by atoms with E-state index in [0.717, 1.165) is 31.1 Å². The van der Waals surface area contributed by atoms with Crippen LogP contribution < -0.4 is 5.32 Å². The lowest BCUT2D eigenvalue weighted by Gasteiger charge is -2.35. The second kappa shape index (κ2) is 7.09. The Hall–Kier alpha value is -1.06. The van der Waals surface area contributed by atoms with Gasteiger partial charge in [0.05, 0.1) is 0 Å². The van der Waals surface area contributed by atoms with Gasteiger partial charge in [-0.2, -0.15) is 0 Å². The van der Waals surface area contributed by atoms with Crippen LogP contribution in [0.5, 0.6) is 0 Å². The van der Waals surface area contributed by atoms with Gasteiger partial charge in [-0.05, 0) is 30.0 Å². The molecule has 110 valence electrons. The van der Waals surface area contributed by atoms with Gasteiger partial charge >= 0.3 is 0 Å². The summed E-state index contributed by atoms with van der Waals surface area (Å²) in [6, 6.07) is 8.15. The van der Waals surface area contributed by atoms with Crippen LogP contribution in [0.2, 0.25) is 5.02 Å². The Morgan fingerprint density at radius 2 is 2.10 bits per heavy atom. The van der Waals surface area contributed by atoms with Crippen LogP contribution in [0.15, 0.2) is 24.3 Å². The van der Waals surface area contributed by atoms with E-state index < -0.39 is 0 Å². The molecule has 1 aromatic carbocycles. The molecule has 1 amide bonds. The summed E-state index contributed by atoms with van der Waals surface area (Å²) in [5, 5.41) is 4.21. The molecular formula is C16H23ClN2O. The van der Waals surface area contributed by atoms with Crippen molar-refractivity contribution in [2.24, 2.45) is 5.92 Å². The van der Waals surface area contributed by atoms with Gasteiger partial charge in [0, 0.05) is 37.1 Å². The van der Waals surface area contributed by atoms with Gasteiger partial charge in [0.1, 0.15) is 0 Å². The standard InChI is InChI=1S/C16H23ClN2O/c1-12(2)15-11-19(10-9-18-15)16(20)8-5-13-3-6-14(17)7-4-13/h3-4,6-7,12,15,18H,5,8-11H2,1-2H3. The monoisotopic (exact) mass is 294 g/mol. The van der Waals surface area contributed by atoms with Crippen molar-refractivity contribution in [1.29, 1.82) is 0 Å². The molecule has 20 heavy (non-hydrogen) atoms. The maximum Gasteiger partial charge on any atom is 0.222 e. The van der Waals surface area contributed by atoms with Gasteiger partial charge in [0.2, 0.25) is 5.91 Å². The highest BCUT2D eigenvalue weighted by molar-refractivity contribution is 6.30. The van der Waals surface area contributed by atoms with E-state index in [9.17, 15) is 4.79 Å². The minimum Gasteiger partial charge on any atom is -0.340 e. The van der Waals surface area contributed by atoms with E-state index in [4.69, 9.17) is 11.6 Å². The average molecular weight is 295 g/mol. The number of carbonyl (C=O) groups excluding carboxylic acids is 1. The second-order valence-corrected chi connectivity index (χ2v) is 6.21. The minimum atomic E-state index is 0.257. The van der Waals surface area contributed by atoms with Crippen LogP contribution in [-0.2, 0) is 11.2 Å². The Morgan fingerprint density at radius 3 is 2.75 bits per heavy atom. The number of hydrogen-bond acceptors (Lipinski definition) is 2. The van der Waals surface area contributed by atoms with Gasteiger partial charge in [0.15, 0.2) is 0 Å². The zero-order valence-corrected chi connectivity index (χ0v) is 13.0. The number of nitrogens with one attached hydrogen (secondary N) is 1. The molecule has 1 aliphatic rings. The van der Waals surface area contributed by atoms with E-state index in [1.807, 2.05) is 29.2 Å². The van der Waals surface area contributed by atoms with Gasteiger partial charge in [-0.1, -0.05) is 37.6 Å². The van der Waals surface area contributed by atoms with E-state index in [0.29, 0.717) is 18.4 Å². The quantitative estimate of drug-likeness (QED) is 0.926. The van der Waals surface area contributed by atoms with Crippen molar-refractivity contribution >= 4 is 17.5 Å². The molecule has 1 fully saturated rings. The van der Waals surface area contributed by atoms with E-state index in [1.165, 1.54) is 5.56 Å². The predicted molar refractivity (Wildman–Crippen MR) is 83.0 cm³/mol. The first-order valence-corrected chi connectivity index (χ1v) is 7.69. The molecule has 1 saturated heterocycles. The topological polar surface area (TPSA) is 32.3 Å². The summed E-state index contributed by atoms with van der Waals surface area (Å²) in [7, 11) is 0. The summed E-state index contributed by atoms with van der Waals surface area (Å²) in [5.74, 6) is 0.814. The first-order valence-electron chi connectivity index (χ1n) is 7.32. The number of carbonyl (C=O) groups is 1. The zero-order valence-electron chi connectivity index (χ0n) is 12.2. The second-order valence-electron chi connectivity index (χ2n) is 5.77. The number of amides is 1.